The fraction of sp³-hybridized carbons (Fsp3) is 0.643. The average molecular weight is 277 g/mol. The zero-order valence-electron chi connectivity index (χ0n) is 11.6. The lowest BCUT2D eigenvalue weighted by Crippen LogP contribution is -2.67. The zero-order chi connectivity index (χ0) is 14.0. The van der Waals surface area contributed by atoms with Gasteiger partial charge < -0.3 is 14.4 Å². The summed E-state index contributed by atoms with van der Waals surface area (Å²) in [6.45, 7) is 4.64. The third-order valence-corrected chi connectivity index (χ3v) is 3.85. The van der Waals surface area contributed by atoms with E-state index in [2.05, 4.69) is 9.97 Å². The summed E-state index contributed by atoms with van der Waals surface area (Å²) < 4.78 is 11.6. The van der Waals surface area contributed by atoms with Gasteiger partial charge in [-0.3, -0.25) is 4.79 Å². The van der Waals surface area contributed by atoms with E-state index in [-0.39, 0.29) is 23.4 Å². The number of hydrogen-bond donors (Lipinski definition) is 0. The number of hydrogen-bond acceptors (Lipinski definition) is 5. The van der Waals surface area contributed by atoms with E-state index in [1.54, 1.807) is 23.4 Å². The van der Waals surface area contributed by atoms with Gasteiger partial charge in [0.15, 0.2) is 0 Å². The predicted molar refractivity (Wildman–Crippen MR) is 71.3 cm³/mol. The highest BCUT2D eigenvalue weighted by Gasteiger charge is 2.50. The second kappa shape index (κ2) is 5.46. The first-order chi connectivity index (χ1) is 9.72. The molecule has 3 heterocycles. The van der Waals surface area contributed by atoms with Gasteiger partial charge in [0.05, 0.1) is 19.2 Å². The van der Waals surface area contributed by atoms with Crippen LogP contribution in [0.1, 0.15) is 30.4 Å². The highest BCUT2D eigenvalue weighted by Crippen LogP contribution is 2.35. The first-order valence-electron chi connectivity index (χ1n) is 7.04. The monoisotopic (exact) mass is 277 g/mol. The van der Waals surface area contributed by atoms with E-state index in [0.717, 1.165) is 19.4 Å². The van der Waals surface area contributed by atoms with Gasteiger partial charge in [0.1, 0.15) is 5.60 Å². The summed E-state index contributed by atoms with van der Waals surface area (Å²) >= 11 is 0. The van der Waals surface area contributed by atoms with E-state index < -0.39 is 0 Å². The summed E-state index contributed by atoms with van der Waals surface area (Å²) in [5.74, 6) is 0.123. The molecule has 6 nitrogen and oxygen atoms in total. The number of ether oxygens (including phenoxy) is 2. The second-order valence-corrected chi connectivity index (χ2v) is 5.34. The number of carbonyl (C=O) groups is 1. The van der Waals surface area contributed by atoms with Gasteiger partial charge in [-0.05, 0) is 19.4 Å². The van der Waals surface area contributed by atoms with Crippen molar-refractivity contribution in [1.82, 2.24) is 14.9 Å². The molecule has 1 atom stereocenters. The van der Waals surface area contributed by atoms with Crippen LogP contribution >= 0.6 is 0 Å². The molecule has 1 amide bonds. The molecular formula is C14H19N3O3. The minimum Gasteiger partial charge on any atom is -0.378 e. The summed E-state index contributed by atoms with van der Waals surface area (Å²) in [4.78, 5) is 21.9. The van der Waals surface area contributed by atoms with E-state index in [1.807, 2.05) is 6.92 Å². The molecule has 1 aromatic heterocycles. The van der Waals surface area contributed by atoms with E-state index in [4.69, 9.17) is 9.47 Å². The van der Waals surface area contributed by atoms with Crippen LogP contribution in [-0.2, 0) is 9.47 Å². The van der Waals surface area contributed by atoms with Crippen molar-refractivity contribution < 1.29 is 14.3 Å². The molecule has 1 aromatic rings. The first kappa shape index (κ1) is 13.5. The Bertz CT molecular complexity index is 472. The Morgan fingerprint density at radius 2 is 2.25 bits per heavy atom. The zero-order valence-corrected chi connectivity index (χ0v) is 11.6. The molecule has 0 bridgehead atoms. The molecule has 0 saturated carbocycles. The minimum atomic E-state index is -0.220. The Hall–Kier alpha value is -1.53. The Morgan fingerprint density at radius 1 is 1.50 bits per heavy atom. The van der Waals surface area contributed by atoms with Crippen LogP contribution in [0.5, 0.6) is 0 Å². The summed E-state index contributed by atoms with van der Waals surface area (Å²) in [6.07, 6.45) is 5.21. The molecule has 2 aliphatic heterocycles. The SMILES string of the molecule is CCOC1CCOC2(C1)CN(C(=O)c1ncccn1)C2. The van der Waals surface area contributed by atoms with Crippen LogP contribution in [0.2, 0.25) is 0 Å². The van der Waals surface area contributed by atoms with Crippen molar-refractivity contribution in [3.8, 4) is 0 Å². The fourth-order valence-electron chi connectivity index (χ4n) is 2.93. The highest BCUT2D eigenvalue weighted by molar-refractivity contribution is 5.91. The van der Waals surface area contributed by atoms with Crippen molar-refractivity contribution in [2.24, 2.45) is 0 Å². The quantitative estimate of drug-likeness (QED) is 0.821. The Labute approximate surface area is 118 Å². The molecule has 2 saturated heterocycles. The van der Waals surface area contributed by atoms with Crippen LogP contribution < -0.4 is 0 Å². The summed E-state index contributed by atoms with van der Waals surface area (Å²) in [5, 5.41) is 0. The molecule has 0 aromatic carbocycles. The number of carbonyl (C=O) groups excluding carboxylic acids is 1. The third kappa shape index (κ3) is 2.53. The number of rotatable bonds is 3. The number of aromatic nitrogens is 2. The molecule has 0 aliphatic carbocycles. The Morgan fingerprint density at radius 3 is 2.95 bits per heavy atom. The maximum Gasteiger partial charge on any atom is 0.291 e. The molecule has 2 aliphatic rings. The van der Waals surface area contributed by atoms with Crippen molar-refractivity contribution in [2.75, 3.05) is 26.3 Å². The summed E-state index contributed by atoms with van der Waals surface area (Å²) in [7, 11) is 0. The fourth-order valence-corrected chi connectivity index (χ4v) is 2.93. The molecule has 20 heavy (non-hydrogen) atoms. The summed E-state index contributed by atoms with van der Waals surface area (Å²) in [5.41, 5.74) is -0.220. The molecule has 0 radical (unpaired) electrons. The van der Waals surface area contributed by atoms with Crippen LogP contribution in [0.4, 0.5) is 0 Å². The molecule has 0 N–H and O–H groups in total. The predicted octanol–water partition coefficient (Wildman–Crippen LogP) is 0.887. The van der Waals surface area contributed by atoms with Crippen LogP contribution in [0, 0.1) is 0 Å². The van der Waals surface area contributed by atoms with Gasteiger partial charge >= 0.3 is 0 Å². The van der Waals surface area contributed by atoms with Crippen LogP contribution in [0.15, 0.2) is 18.5 Å². The van der Waals surface area contributed by atoms with Gasteiger partial charge in [-0.2, -0.15) is 0 Å². The number of amides is 1. The van der Waals surface area contributed by atoms with Gasteiger partial charge in [-0.15, -0.1) is 0 Å². The normalized spacial score (nSPS) is 24.4. The van der Waals surface area contributed by atoms with Crippen molar-refractivity contribution in [3.05, 3.63) is 24.3 Å². The second-order valence-electron chi connectivity index (χ2n) is 5.34. The maximum absolute atomic E-state index is 12.2. The van der Waals surface area contributed by atoms with Crippen LogP contribution in [0.3, 0.4) is 0 Å². The van der Waals surface area contributed by atoms with Crippen LogP contribution in [-0.4, -0.2) is 58.8 Å². The third-order valence-electron chi connectivity index (χ3n) is 3.85. The van der Waals surface area contributed by atoms with Crippen molar-refractivity contribution in [2.45, 2.75) is 31.5 Å². The minimum absolute atomic E-state index is 0.127. The molecule has 6 heteroatoms. The van der Waals surface area contributed by atoms with Gasteiger partial charge in [0.25, 0.3) is 5.91 Å². The summed E-state index contributed by atoms with van der Waals surface area (Å²) in [6, 6.07) is 1.70. The molecule has 2 fully saturated rings. The molecular weight excluding hydrogens is 258 g/mol. The first-order valence-corrected chi connectivity index (χ1v) is 7.04. The van der Waals surface area contributed by atoms with E-state index >= 15 is 0 Å². The average Bonchev–Trinajstić information content (AvgIpc) is 2.45. The largest absolute Gasteiger partial charge is 0.378 e. The lowest BCUT2D eigenvalue weighted by molar-refractivity contribution is -0.185. The smallest absolute Gasteiger partial charge is 0.291 e. The standard InChI is InChI=1S/C14H19N3O3/c1-2-19-11-4-7-20-14(8-11)9-17(10-14)13(18)12-15-5-3-6-16-12/h3,5-6,11H,2,4,7-10H2,1H3. The Kier molecular flexibility index (Phi) is 3.67. The maximum atomic E-state index is 12.2. The van der Waals surface area contributed by atoms with E-state index in [1.165, 1.54) is 0 Å². The van der Waals surface area contributed by atoms with Gasteiger partial charge in [0.2, 0.25) is 5.82 Å². The van der Waals surface area contributed by atoms with Gasteiger partial charge in [-0.25, -0.2) is 9.97 Å². The lowest BCUT2D eigenvalue weighted by atomic mass is 9.84. The molecule has 3 rings (SSSR count). The molecule has 1 spiro atoms. The van der Waals surface area contributed by atoms with E-state index in [0.29, 0.717) is 19.7 Å². The van der Waals surface area contributed by atoms with E-state index in [9.17, 15) is 4.79 Å². The Balaban J connectivity index is 1.59. The van der Waals surface area contributed by atoms with Gasteiger partial charge in [0, 0.05) is 32.0 Å². The van der Waals surface area contributed by atoms with Crippen LogP contribution in [0.25, 0.3) is 0 Å². The van der Waals surface area contributed by atoms with Crippen molar-refractivity contribution in [1.29, 1.82) is 0 Å². The highest BCUT2D eigenvalue weighted by atomic mass is 16.5. The lowest BCUT2D eigenvalue weighted by Gasteiger charge is -2.52. The van der Waals surface area contributed by atoms with Crippen molar-refractivity contribution >= 4 is 5.91 Å². The van der Waals surface area contributed by atoms with Gasteiger partial charge in [-0.1, -0.05) is 0 Å². The molecule has 108 valence electrons. The molecule has 1 unspecified atom stereocenters. The topological polar surface area (TPSA) is 64.6 Å². The van der Waals surface area contributed by atoms with Crippen molar-refractivity contribution in [3.63, 3.8) is 0 Å². The number of likely N-dealkylation sites (tertiary alicyclic amines) is 1. The number of nitrogens with zero attached hydrogens (tertiary/aromatic N) is 3.